The standard InChI is InChI=1S/C14H16N2O3/c1-2-18-14(17)13(11-6-4-3-5-7-11)15-10-12-8-9-19-16-12/h3-9,13,15H,2,10H2,1H3. The van der Waals surface area contributed by atoms with Gasteiger partial charge in [0.1, 0.15) is 12.3 Å². The fourth-order valence-corrected chi connectivity index (χ4v) is 1.74. The van der Waals surface area contributed by atoms with Crippen LogP contribution in [0.5, 0.6) is 0 Å². The quantitative estimate of drug-likeness (QED) is 0.805. The Bertz CT molecular complexity index is 497. The van der Waals surface area contributed by atoms with Gasteiger partial charge in [0.15, 0.2) is 0 Å². The summed E-state index contributed by atoms with van der Waals surface area (Å²) in [5, 5.41) is 6.92. The normalized spacial score (nSPS) is 12.1. The summed E-state index contributed by atoms with van der Waals surface area (Å²) in [7, 11) is 0. The van der Waals surface area contributed by atoms with Gasteiger partial charge in [0, 0.05) is 12.6 Å². The summed E-state index contributed by atoms with van der Waals surface area (Å²) in [6, 6.07) is 10.7. The van der Waals surface area contributed by atoms with E-state index in [1.807, 2.05) is 30.3 Å². The summed E-state index contributed by atoms with van der Waals surface area (Å²) in [4.78, 5) is 12.0. The van der Waals surface area contributed by atoms with Gasteiger partial charge >= 0.3 is 5.97 Å². The average Bonchev–Trinajstić information content (AvgIpc) is 2.94. The first-order valence-corrected chi connectivity index (χ1v) is 6.15. The van der Waals surface area contributed by atoms with Crippen molar-refractivity contribution >= 4 is 5.97 Å². The molecule has 1 unspecified atom stereocenters. The van der Waals surface area contributed by atoms with Gasteiger partial charge < -0.3 is 9.26 Å². The molecule has 19 heavy (non-hydrogen) atoms. The maximum atomic E-state index is 12.0. The van der Waals surface area contributed by atoms with Gasteiger partial charge in [0.2, 0.25) is 0 Å². The second kappa shape index (κ2) is 6.70. The highest BCUT2D eigenvalue weighted by molar-refractivity contribution is 5.77. The summed E-state index contributed by atoms with van der Waals surface area (Å²) < 4.78 is 9.84. The third kappa shape index (κ3) is 3.66. The molecule has 1 atom stereocenters. The van der Waals surface area contributed by atoms with Crippen LogP contribution >= 0.6 is 0 Å². The van der Waals surface area contributed by atoms with E-state index >= 15 is 0 Å². The first kappa shape index (κ1) is 13.3. The Morgan fingerprint density at radius 2 is 2.16 bits per heavy atom. The summed E-state index contributed by atoms with van der Waals surface area (Å²) in [6.07, 6.45) is 1.50. The molecule has 0 saturated carbocycles. The van der Waals surface area contributed by atoms with Crippen molar-refractivity contribution in [3.05, 3.63) is 53.9 Å². The van der Waals surface area contributed by atoms with Gasteiger partial charge in [-0.15, -0.1) is 0 Å². The third-order valence-corrected chi connectivity index (χ3v) is 2.63. The number of benzene rings is 1. The highest BCUT2D eigenvalue weighted by atomic mass is 16.5. The molecule has 1 aromatic heterocycles. The van der Waals surface area contributed by atoms with Gasteiger partial charge in [-0.3, -0.25) is 5.32 Å². The van der Waals surface area contributed by atoms with Crippen molar-refractivity contribution in [2.24, 2.45) is 0 Å². The number of ether oxygens (including phenoxy) is 1. The molecule has 5 nitrogen and oxygen atoms in total. The number of carbonyl (C=O) groups is 1. The van der Waals surface area contributed by atoms with Crippen LogP contribution in [0.1, 0.15) is 24.2 Å². The van der Waals surface area contributed by atoms with Crippen LogP contribution in [-0.4, -0.2) is 17.7 Å². The van der Waals surface area contributed by atoms with Crippen LogP contribution in [0, 0.1) is 0 Å². The topological polar surface area (TPSA) is 64.4 Å². The molecule has 2 aromatic rings. The highest BCUT2D eigenvalue weighted by Crippen LogP contribution is 2.15. The largest absolute Gasteiger partial charge is 0.465 e. The van der Waals surface area contributed by atoms with Gasteiger partial charge in [0.25, 0.3) is 0 Å². The molecule has 100 valence electrons. The van der Waals surface area contributed by atoms with E-state index < -0.39 is 6.04 Å². The van der Waals surface area contributed by atoms with E-state index in [2.05, 4.69) is 10.5 Å². The van der Waals surface area contributed by atoms with Crippen LogP contribution < -0.4 is 5.32 Å². The molecule has 0 radical (unpaired) electrons. The van der Waals surface area contributed by atoms with Gasteiger partial charge in [-0.1, -0.05) is 35.5 Å². The molecule has 0 amide bonds. The molecule has 2 rings (SSSR count). The lowest BCUT2D eigenvalue weighted by molar-refractivity contribution is -0.145. The van der Waals surface area contributed by atoms with E-state index in [0.717, 1.165) is 11.3 Å². The second-order valence-corrected chi connectivity index (χ2v) is 3.97. The Hall–Kier alpha value is -2.14. The summed E-state index contributed by atoms with van der Waals surface area (Å²) in [6.45, 7) is 2.58. The molecule has 0 aliphatic heterocycles. The van der Waals surface area contributed by atoms with Gasteiger partial charge in [-0.05, 0) is 12.5 Å². The number of nitrogens with zero attached hydrogens (tertiary/aromatic N) is 1. The molecule has 5 heteroatoms. The number of esters is 1. The second-order valence-electron chi connectivity index (χ2n) is 3.97. The van der Waals surface area contributed by atoms with Crippen LogP contribution in [0.4, 0.5) is 0 Å². The number of rotatable bonds is 6. The number of hydrogen-bond donors (Lipinski definition) is 1. The first-order chi connectivity index (χ1) is 9.31. The predicted molar refractivity (Wildman–Crippen MR) is 69.2 cm³/mol. The van der Waals surface area contributed by atoms with Gasteiger partial charge in [-0.2, -0.15) is 0 Å². The first-order valence-electron chi connectivity index (χ1n) is 6.15. The van der Waals surface area contributed by atoms with Crippen LogP contribution in [0.25, 0.3) is 0 Å². The number of aromatic nitrogens is 1. The molecule has 0 bridgehead atoms. The van der Waals surface area contributed by atoms with Crippen LogP contribution in [0.2, 0.25) is 0 Å². The Balaban J connectivity index is 2.08. The van der Waals surface area contributed by atoms with Crippen molar-refractivity contribution in [3.8, 4) is 0 Å². The van der Waals surface area contributed by atoms with Gasteiger partial charge in [-0.25, -0.2) is 4.79 Å². The minimum Gasteiger partial charge on any atom is -0.465 e. The number of hydrogen-bond acceptors (Lipinski definition) is 5. The van der Waals surface area contributed by atoms with Crippen LogP contribution in [0.15, 0.2) is 47.2 Å². The maximum absolute atomic E-state index is 12.0. The smallest absolute Gasteiger partial charge is 0.327 e. The van der Waals surface area contributed by atoms with E-state index in [9.17, 15) is 4.79 Å². The minimum absolute atomic E-state index is 0.294. The third-order valence-electron chi connectivity index (χ3n) is 2.63. The van der Waals surface area contributed by atoms with E-state index in [1.54, 1.807) is 13.0 Å². The Kier molecular flexibility index (Phi) is 4.69. The van der Waals surface area contributed by atoms with Crippen molar-refractivity contribution in [1.82, 2.24) is 10.5 Å². The SMILES string of the molecule is CCOC(=O)C(NCc1ccon1)c1ccccc1. The van der Waals surface area contributed by atoms with Crippen molar-refractivity contribution in [2.45, 2.75) is 19.5 Å². The average molecular weight is 260 g/mol. The monoisotopic (exact) mass is 260 g/mol. The Labute approximate surface area is 111 Å². The molecule has 0 saturated heterocycles. The lowest BCUT2D eigenvalue weighted by Crippen LogP contribution is -2.30. The number of carbonyl (C=O) groups excluding carboxylic acids is 1. The molecular formula is C14H16N2O3. The van der Waals surface area contributed by atoms with E-state index in [4.69, 9.17) is 9.26 Å². The summed E-state index contributed by atoms with van der Waals surface area (Å²) >= 11 is 0. The van der Waals surface area contributed by atoms with Crippen molar-refractivity contribution in [2.75, 3.05) is 6.61 Å². The molecule has 0 fully saturated rings. The molecule has 0 aliphatic carbocycles. The molecule has 0 spiro atoms. The van der Waals surface area contributed by atoms with Crippen molar-refractivity contribution < 1.29 is 14.1 Å². The predicted octanol–water partition coefficient (Wildman–Crippen LogP) is 2.07. The molecule has 1 heterocycles. The zero-order valence-corrected chi connectivity index (χ0v) is 10.7. The lowest BCUT2D eigenvalue weighted by Gasteiger charge is -2.16. The molecule has 1 N–H and O–H groups in total. The molecule has 0 aliphatic rings. The van der Waals surface area contributed by atoms with Crippen LogP contribution in [-0.2, 0) is 16.1 Å². The Morgan fingerprint density at radius 3 is 2.79 bits per heavy atom. The minimum atomic E-state index is -0.502. The number of nitrogens with one attached hydrogen (secondary N) is 1. The Morgan fingerprint density at radius 1 is 1.37 bits per heavy atom. The summed E-state index contributed by atoms with van der Waals surface area (Å²) in [5.41, 5.74) is 1.61. The zero-order valence-electron chi connectivity index (χ0n) is 10.7. The molecule has 1 aromatic carbocycles. The van der Waals surface area contributed by atoms with Crippen LogP contribution in [0.3, 0.4) is 0 Å². The van der Waals surface area contributed by atoms with E-state index in [-0.39, 0.29) is 5.97 Å². The van der Waals surface area contributed by atoms with E-state index in [1.165, 1.54) is 6.26 Å². The van der Waals surface area contributed by atoms with Crippen molar-refractivity contribution in [1.29, 1.82) is 0 Å². The maximum Gasteiger partial charge on any atom is 0.327 e. The molecular weight excluding hydrogens is 244 g/mol. The zero-order chi connectivity index (χ0) is 13.5. The van der Waals surface area contributed by atoms with E-state index in [0.29, 0.717) is 13.2 Å². The van der Waals surface area contributed by atoms with Gasteiger partial charge in [0.05, 0.1) is 12.3 Å². The fraction of sp³-hybridized carbons (Fsp3) is 0.286. The lowest BCUT2D eigenvalue weighted by atomic mass is 10.1. The van der Waals surface area contributed by atoms with Crippen molar-refractivity contribution in [3.63, 3.8) is 0 Å². The summed E-state index contributed by atoms with van der Waals surface area (Å²) in [5.74, 6) is -0.294. The fourth-order valence-electron chi connectivity index (χ4n) is 1.74. The highest BCUT2D eigenvalue weighted by Gasteiger charge is 2.21.